The fourth-order valence-corrected chi connectivity index (χ4v) is 2.16. The molecule has 0 saturated carbocycles. The van der Waals surface area contributed by atoms with Crippen LogP contribution in [0.5, 0.6) is 5.75 Å². The number of likely N-dealkylation sites (N-methyl/N-ethyl adjacent to an activating group) is 1. The molecular formula is C14H24N2O. The van der Waals surface area contributed by atoms with Crippen molar-refractivity contribution in [3.63, 3.8) is 0 Å². The van der Waals surface area contributed by atoms with Crippen molar-refractivity contribution in [2.75, 3.05) is 34.3 Å². The van der Waals surface area contributed by atoms with Crippen LogP contribution in [0, 0.1) is 6.92 Å². The zero-order valence-corrected chi connectivity index (χ0v) is 11.4. The zero-order valence-electron chi connectivity index (χ0n) is 11.4. The lowest BCUT2D eigenvalue weighted by atomic mass is 9.93. The summed E-state index contributed by atoms with van der Waals surface area (Å²) in [5.74, 6) is 1.45. The number of rotatable bonds is 6. The third-order valence-corrected chi connectivity index (χ3v) is 2.99. The second-order valence-electron chi connectivity index (χ2n) is 4.77. The zero-order chi connectivity index (χ0) is 12.8. The maximum absolute atomic E-state index is 5.69. The van der Waals surface area contributed by atoms with Crippen LogP contribution in [0.2, 0.25) is 0 Å². The van der Waals surface area contributed by atoms with Gasteiger partial charge in [-0.3, -0.25) is 0 Å². The lowest BCUT2D eigenvalue weighted by molar-refractivity contribution is 0.364. The van der Waals surface area contributed by atoms with E-state index in [0.717, 1.165) is 25.3 Å². The van der Waals surface area contributed by atoms with Gasteiger partial charge in [-0.2, -0.15) is 0 Å². The molecule has 2 N–H and O–H groups in total. The second-order valence-corrected chi connectivity index (χ2v) is 4.77. The molecule has 96 valence electrons. The van der Waals surface area contributed by atoms with Crippen molar-refractivity contribution in [1.29, 1.82) is 0 Å². The summed E-state index contributed by atoms with van der Waals surface area (Å²) in [4.78, 5) is 2.21. The summed E-state index contributed by atoms with van der Waals surface area (Å²) in [6.45, 7) is 3.84. The smallest absolute Gasteiger partial charge is 0.121 e. The van der Waals surface area contributed by atoms with Gasteiger partial charge >= 0.3 is 0 Å². The predicted octanol–water partition coefficient (Wildman–Crippen LogP) is 2.00. The molecule has 3 heteroatoms. The van der Waals surface area contributed by atoms with Crippen LogP contribution in [0.25, 0.3) is 0 Å². The first kappa shape index (κ1) is 14.0. The van der Waals surface area contributed by atoms with Gasteiger partial charge in [0.25, 0.3) is 0 Å². The average Bonchev–Trinajstić information content (AvgIpc) is 2.28. The maximum Gasteiger partial charge on any atom is 0.121 e. The number of methoxy groups -OCH3 is 1. The highest BCUT2D eigenvalue weighted by Gasteiger charge is 2.13. The molecule has 0 bridgehead atoms. The molecule has 1 aromatic carbocycles. The van der Waals surface area contributed by atoms with Gasteiger partial charge in [-0.25, -0.2) is 0 Å². The van der Waals surface area contributed by atoms with Crippen molar-refractivity contribution >= 4 is 0 Å². The van der Waals surface area contributed by atoms with Crippen LogP contribution in [0.4, 0.5) is 0 Å². The number of ether oxygens (including phenoxy) is 1. The van der Waals surface area contributed by atoms with E-state index < -0.39 is 0 Å². The molecular weight excluding hydrogens is 212 g/mol. The largest absolute Gasteiger partial charge is 0.496 e. The van der Waals surface area contributed by atoms with E-state index in [1.54, 1.807) is 7.11 Å². The molecule has 1 aromatic rings. The monoisotopic (exact) mass is 236 g/mol. The van der Waals surface area contributed by atoms with Crippen molar-refractivity contribution in [2.24, 2.45) is 5.73 Å². The van der Waals surface area contributed by atoms with Crippen LogP contribution in [0.15, 0.2) is 18.2 Å². The van der Waals surface area contributed by atoms with E-state index >= 15 is 0 Å². The SMILES string of the molecule is COc1ccc(C(CCN)CN(C)C)cc1C. The Balaban J connectivity index is 2.89. The Hall–Kier alpha value is -1.06. The van der Waals surface area contributed by atoms with Crippen molar-refractivity contribution in [2.45, 2.75) is 19.3 Å². The van der Waals surface area contributed by atoms with Gasteiger partial charge in [0, 0.05) is 6.54 Å². The molecule has 0 spiro atoms. The summed E-state index contributed by atoms with van der Waals surface area (Å²) in [5.41, 5.74) is 8.23. The standard InChI is InChI=1S/C14H24N2O/c1-11-9-12(5-6-14(11)17-4)13(7-8-15)10-16(2)3/h5-6,9,13H,7-8,10,15H2,1-4H3. The number of aryl methyl sites for hydroxylation is 1. The number of nitrogens with two attached hydrogens (primary N) is 1. The Bertz CT molecular complexity index is 350. The van der Waals surface area contributed by atoms with Gasteiger partial charge in [0.2, 0.25) is 0 Å². The summed E-state index contributed by atoms with van der Waals surface area (Å²) in [6, 6.07) is 6.40. The van der Waals surface area contributed by atoms with Crippen LogP contribution < -0.4 is 10.5 Å². The van der Waals surface area contributed by atoms with Crippen LogP contribution in [-0.2, 0) is 0 Å². The van der Waals surface area contributed by atoms with Crippen LogP contribution in [-0.4, -0.2) is 39.2 Å². The number of nitrogens with zero attached hydrogens (tertiary/aromatic N) is 1. The third kappa shape index (κ3) is 4.02. The van der Waals surface area contributed by atoms with Gasteiger partial charge in [0.1, 0.15) is 5.75 Å². The molecule has 3 nitrogen and oxygen atoms in total. The fourth-order valence-electron chi connectivity index (χ4n) is 2.16. The molecule has 1 atom stereocenters. The number of benzene rings is 1. The predicted molar refractivity (Wildman–Crippen MR) is 72.7 cm³/mol. The van der Waals surface area contributed by atoms with Crippen molar-refractivity contribution in [3.8, 4) is 5.75 Å². The highest BCUT2D eigenvalue weighted by atomic mass is 16.5. The van der Waals surface area contributed by atoms with E-state index in [1.807, 2.05) is 6.07 Å². The topological polar surface area (TPSA) is 38.5 Å². The van der Waals surface area contributed by atoms with Gasteiger partial charge in [-0.05, 0) is 57.1 Å². The lowest BCUT2D eigenvalue weighted by Crippen LogP contribution is -2.22. The normalized spacial score (nSPS) is 12.8. The van der Waals surface area contributed by atoms with Gasteiger partial charge in [0.15, 0.2) is 0 Å². The van der Waals surface area contributed by atoms with Gasteiger partial charge in [-0.15, -0.1) is 0 Å². The summed E-state index contributed by atoms with van der Waals surface area (Å²) in [5, 5.41) is 0. The highest BCUT2D eigenvalue weighted by molar-refractivity contribution is 5.37. The molecule has 0 amide bonds. The molecule has 0 aliphatic heterocycles. The summed E-state index contributed by atoms with van der Waals surface area (Å²) >= 11 is 0. The minimum Gasteiger partial charge on any atom is -0.496 e. The van der Waals surface area contributed by atoms with Gasteiger partial charge in [0.05, 0.1) is 7.11 Å². The lowest BCUT2D eigenvalue weighted by Gasteiger charge is -2.21. The van der Waals surface area contributed by atoms with E-state index in [-0.39, 0.29) is 0 Å². The van der Waals surface area contributed by atoms with Crippen LogP contribution in [0.3, 0.4) is 0 Å². The molecule has 0 aliphatic carbocycles. The Labute approximate surface area is 105 Å². The van der Waals surface area contributed by atoms with E-state index in [0.29, 0.717) is 5.92 Å². The molecule has 17 heavy (non-hydrogen) atoms. The Kier molecular flexibility index (Phi) is 5.45. The van der Waals surface area contributed by atoms with E-state index in [4.69, 9.17) is 10.5 Å². The quantitative estimate of drug-likeness (QED) is 0.821. The number of hydrogen-bond donors (Lipinski definition) is 1. The highest BCUT2D eigenvalue weighted by Crippen LogP contribution is 2.25. The maximum atomic E-state index is 5.69. The van der Waals surface area contributed by atoms with Crippen LogP contribution >= 0.6 is 0 Å². The summed E-state index contributed by atoms with van der Waals surface area (Å²) < 4.78 is 5.29. The Morgan fingerprint density at radius 1 is 1.35 bits per heavy atom. The minimum atomic E-state index is 0.500. The fraction of sp³-hybridized carbons (Fsp3) is 0.571. The van der Waals surface area contributed by atoms with Crippen LogP contribution in [0.1, 0.15) is 23.5 Å². The van der Waals surface area contributed by atoms with Crippen molar-refractivity contribution in [3.05, 3.63) is 29.3 Å². The van der Waals surface area contributed by atoms with Gasteiger partial charge in [-0.1, -0.05) is 12.1 Å². The molecule has 1 rings (SSSR count). The third-order valence-electron chi connectivity index (χ3n) is 2.99. The van der Waals surface area contributed by atoms with Gasteiger partial charge < -0.3 is 15.4 Å². The molecule has 0 radical (unpaired) electrons. The first-order valence-corrected chi connectivity index (χ1v) is 6.07. The van der Waals surface area contributed by atoms with Crippen molar-refractivity contribution in [1.82, 2.24) is 4.90 Å². The average molecular weight is 236 g/mol. The molecule has 0 heterocycles. The Morgan fingerprint density at radius 3 is 2.53 bits per heavy atom. The molecule has 0 aliphatic rings. The minimum absolute atomic E-state index is 0.500. The van der Waals surface area contributed by atoms with E-state index in [9.17, 15) is 0 Å². The molecule has 0 aromatic heterocycles. The number of hydrogen-bond acceptors (Lipinski definition) is 3. The first-order chi connectivity index (χ1) is 8.08. The molecule has 0 fully saturated rings. The van der Waals surface area contributed by atoms with Crippen molar-refractivity contribution < 1.29 is 4.74 Å². The summed E-state index contributed by atoms with van der Waals surface area (Å²) in [7, 11) is 5.90. The Morgan fingerprint density at radius 2 is 2.06 bits per heavy atom. The molecule has 1 unspecified atom stereocenters. The summed E-state index contributed by atoms with van der Waals surface area (Å²) in [6.07, 6.45) is 1.02. The van der Waals surface area contributed by atoms with E-state index in [1.165, 1.54) is 11.1 Å². The van der Waals surface area contributed by atoms with E-state index in [2.05, 4.69) is 38.1 Å². The first-order valence-electron chi connectivity index (χ1n) is 6.07. The second kappa shape index (κ2) is 6.62. The molecule has 0 saturated heterocycles.